The van der Waals surface area contributed by atoms with Gasteiger partial charge in [0.25, 0.3) is 0 Å². The van der Waals surface area contributed by atoms with Gasteiger partial charge in [0.05, 0.1) is 0 Å². The molecule has 2 rings (SSSR count). The SMILES string of the molecule is CC(C)(C)Oc1ccc(C(C)(C)c2ccc(OC(=O)C(C)(C)N)cc2)cc1. The van der Waals surface area contributed by atoms with E-state index in [2.05, 4.69) is 26.0 Å². The first kappa shape index (κ1) is 21.0. The second-order valence-electron chi connectivity index (χ2n) is 9.00. The van der Waals surface area contributed by atoms with Crippen LogP contribution in [0.25, 0.3) is 0 Å². The van der Waals surface area contributed by atoms with E-state index < -0.39 is 11.5 Å². The van der Waals surface area contributed by atoms with Crippen molar-refractivity contribution < 1.29 is 14.3 Å². The van der Waals surface area contributed by atoms with E-state index >= 15 is 0 Å². The molecular weight excluding hydrogens is 338 g/mol. The van der Waals surface area contributed by atoms with Gasteiger partial charge in [-0.15, -0.1) is 0 Å². The van der Waals surface area contributed by atoms with Crippen LogP contribution >= 0.6 is 0 Å². The summed E-state index contributed by atoms with van der Waals surface area (Å²) in [6.45, 7) is 13.7. The molecular formula is C23H31NO3. The molecule has 0 amide bonds. The lowest BCUT2D eigenvalue weighted by Crippen LogP contribution is -2.44. The van der Waals surface area contributed by atoms with E-state index in [1.165, 1.54) is 5.56 Å². The highest BCUT2D eigenvalue weighted by atomic mass is 16.5. The predicted octanol–water partition coefficient (Wildman–Crippen LogP) is 4.83. The van der Waals surface area contributed by atoms with Crippen molar-refractivity contribution in [3.8, 4) is 11.5 Å². The van der Waals surface area contributed by atoms with E-state index in [1.807, 2.05) is 45.0 Å². The van der Waals surface area contributed by atoms with Gasteiger partial charge >= 0.3 is 5.97 Å². The summed E-state index contributed by atoms with van der Waals surface area (Å²) in [7, 11) is 0. The van der Waals surface area contributed by atoms with E-state index in [0.717, 1.165) is 11.3 Å². The fraction of sp³-hybridized carbons (Fsp3) is 0.435. The van der Waals surface area contributed by atoms with Gasteiger partial charge in [0.1, 0.15) is 22.6 Å². The van der Waals surface area contributed by atoms with Crippen molar-refractivity contribution in [3.05, 3.63) is 59.7 Å². The van der Waals surface area contributed by atoms with Crippen molar-refractivity contribution in [2.45, 2.75) is 65.0 Å². The zero-order chi connectivity index (χ0) is 20.5. The third-order valence-corrected chi connectivity index (χ3v) is 4.31. The van der Waals surface area contributed by atoms with Gasteiger partial charge in [-0.25, -0.2) is 4.79 Å². The Morgan fingerprint density at radius 2 is 1.15 bits per heavy atom. The van der Waals surface area contributed by atoms with E-state index in [9.17, 15) is 4.79 Å². The summed E-state index contributed by atoms with van der Waals surface area (Å²) in [6, 6.07) is 15.7. The van der Waals surface area contributed by atoms with Crippen LogP contribution in [0.15, 0.2) is 48.5 Å². The Labute approximate surface area is 162 Å². The highest BCUT2D eigenvalue weighted by Crippen LogP contribution is 2.33. The first-order valence-corrected chi connectivity index (χ1v) is 9.20. The van der Waals surface area contributed by atoms with Gasteiger partial charge in [0.2, 0.25) is 0 Å². The summed E-state index contributed by atoms with van der Waals surface area (Å²) in [5, 5.41) is 0. The largest absolute Gasteiger partial charge is 0.488 e. The number of benzene rings is 2. The molecule has 0 fully saturated rings. The summed E-state index contributed by atoms with van der Waals surface area (Å²) in [4.78, 5) is 11.9. The molecule has 27 heavy (non-hydrogen) atoms. The molecule has 0 saturated carbocycles. The molecule has 4 nitrogen and oxygen atoms in total. The molecule has 0 aliphatic heterocycles. The molecule has 0 aliphatic rings. The van der Waals surface area contributed by atoms with Crippen LogP contribution in [-0.4, -0.2) is 17.1 Å². The smallest absolute Gasteiger partial charge is 0.330 e. The van der Waals surface area contributed by atoms with Crippen molar-refractivity contribution in [1.29, 1.82) is 0 Å². The van der Waals surface area contributed by atoms with Gasteiger partial charge in [-0.1, -0.05) is 38.1 Å². The first-order valence-electron chi connectivity index (χ1n) is 9.20. The number of esters is 1. The number of ether oxygens (including phenoxy) is 2. The van der Waals surface area contributed by atoms with Crippen molar-refractivity contribution in [1.82, 2.24) is 0 Å². The summed E-state index contributed by atoms with van der Waals surface area (Å²) >= 11 is 0. The molecule has 0 radical (unpaired) electrons. The topological polar surface area (TPSA) is 61.5 Å². The lowest BCUT2D eigenvalue weighted by molar-refractivity contribution is -0.139. The van der Waals surface area contributed by atoms with Crippen molar-refractivity contribution in [3.63, 3.8) is 0 Å². The Hall–Kier alpha value is -2.33. The number of hydrogen-bond donors (Lipinski definition) is 1. The van der Waals surface area contributed by atoms with Gasteiger partial charge in [-0.05, 0) is 70.0 Å². The van der Waals surface area contributed by atoms with Crippen molar-refractivity contribution >= 4 is 5.97 Å². The Morgan fingerprint density at radius 1 is 0.741 bits per heavy atom. The third kappa shape index (κ3) is 5.57. The summed E-state index contributed by atoms with van der Waals surface area (Å²) in [6.07, 6.45) is 0. The molecule has 2 aromatic rings. The Morgan fingerprint density at radius 3 is 1.52 bits per heavy atom. The fourth-order valence-corrected chi connectivity index (χ4v) is 2.64. The summed E-state index contributed by atoms with van der Waals surface area (Å²) in [5.41, 5.74) is 6.63. The van der Waals surface area contributed by atoms with Gasteiger partial charge in [-0.3, -0.25) is 0 Å². The number of nitrogens with two attached hydrogens (primary N) is 1. The van der Waals surface area contributed by atoms with Crippen LogP contribution in [-0.2, 0) is 10.2 Å². The molecule has 0 bridgehead atoms. The highest BCUT2D eigenvalue weighted by Gasteiger charge is 2.26. The molecule has 0 atom stereocenters. The molecule has 0 heterocycles. The second kappa shape index (κ2) is 7.35. The maximum absolute atomic E-state index is 11.9. The Kier molecular flexibility index (Phi) is 5.71. The van der Waals surface area contributed by atoms with Crippen LogP contribution in [0.1, 0.15) is 59.6 Å². The van der Waals surface area contributed by atoms with Crippen LogP contribution in [0.5, 0.6) is 11.5 Å². The van der Waals surface area contributed by atoms with Gasteiger partial charge in [0, 0.05) is 5.41 Å². The van der Waals surface area contributed by atoms with E-state index in [4.69, 9.17) is 15.2 Å². The molecule has 4 heteroatoms. The molecule has 0 aliphatic carbocycles. The number of rotatable bonds is 5. The Balaban J connectivity index is 2.17. The molecule has 0 saturated heterocycles. The first-order chi connectivity index (χ1) is 12.3. The molecule has 2 N–H and O–H groups in total. The standard InChI is InChI=1S/C23H31NO3/c1-21(2,3)27-19-14-10-17(11-15-19)22(4,5)16-8-12-18(13-9-16)26-20(25)23(6,7)24/h8-15H,24H2,1-7H3. The molecule has 0 spiro atoms. The summed E-state index contributed by atoms with van der Waals surface area (Å²) < 4.78 is 11.2. The minimum Gasteiger partial charge on any atom is -0.488 e. The lowest BCUT2D eigenvalue weighted by atomic mass is 9.78. The highest BCUT2D eigenvalue weighted by molar-refractivity contribution is 5.81. The third-order valence-electron chi connectivity index (χ3n) is 4.31. The molecule has 0 aromatic heterocycles. The number of carbonyl (C=O) groups excluding carboxylic acids is 1. The van der Waals surface area contributed by atoms with E-state index in [0.29, 0.717) is 5.75 Å². The van der Waals surface area contributed by atoms with Crippen LogP contribution in [0, 0.1) is 0 Å². The lowest BCUT2D eigenvalue weighted by Gasteiger charge is -2.27. The monoisotopic (exact) mass is 369 g/mol. The maximum atomic E-state index is 11.9. The quantitative estimate of drug-likeness (QED) is 0.605. The minimum atomic E-state index is -1.02. The second-order valence-corrected chi connectivity index (χ2v) is 9.00. The number of carbonyl (C=O) groups is 1. The molecule has 146 valence electrons. The number of hydrogen-bond acceptors (Lipinski definition) is 4. The zero-order valence-electron chi connectivity index (χ0n) is 17.4. The maximum Gasteiger partial charge on any atom is 0.330 e. The average molecular weight is 370 g/mol. The van der Waals surface area contributed by atoms with Crippen LogP contribution in [0.4, 0.5) is 0 Å². The minimum absolute atomic E-state index is 0.198. The fourth-order valence-electron chi connectivity index (χ4n) is 2.64. The van der Waals surface area contributed by atoms with Gasteiger partial charge in [-0.2, -0.15) is 0 Å². The van der Waals surface area contributed by atoms with E-state index in [-0.39, 0.29) is 11.0 Å². The van der Waals surface area contributed by atoms with Crippen molar-refractivity contribution in [2.24, 2.45) is 5.73 Å². The molecule has 2 aromatic carbocycles. The predicted molar refractivity (Wildman–Crippen MR) is 109 cm³/mol. The Bertz CT molecular complexity index is 776. The van der Waals surface area contributed by atoms with Gasteiger partial charge < -0.3 is 15.2 Å². The van der Waals surface area contributed by atoms with Crippen LogP contribution in [0.2, 0.25) is 0 Å². The average Bonchev–Trinajstić information content (AvgIpc) is 2.53. The van der Waals surface area contributed by atoms with Crippen molar-refractivity contribution in [2.75, 3.05) is 0 Å². The van der Waals surface area contributed by atoms with E-state index in [1.54, 1.807) is 26.0 Å². The zero-order valence-corrected chi connectivity index (χ0v) is 17.4. The van der Waals surface area contributed by atoms with Gasteiger partial charge in [0.15, 0.2) is 0 Å². The summed E-state index contributed by atoms with van der Waals surface area (Å²) in [5.74, 6) is 0.893. The normalized spacial score (nSPS) is 12.6. The van der Waals surface area contributed by atoms with Crippen LogP contribution in [0.3, 0.4) is 0 Å². The molecule has 0 unspecified atom stereocenters. The van der Waals surface area contributed by atoms with Crippen LogP contribution < -0.4 is 15.2 Å².